The highest BCUT2D eigenvalue weighted by Crippen LogP contribution is 2.34. The quantitative estimate of drug-likeness (QED) is 0.162. The third kappa shape index (κ3) is 6.41. The van der Waals surface area contributed by atoms with Crippen molar-refractivity contribution in [1.82, 2.24) is 24.6 Å². The van der Waals surface area contributed by atoms with Gasteiger partial charge in [-0.1, -0.05) is 65.3 Å². The molecule has 0 N–H and O–H groups in total. The normalized spacial score (nSPS) is 13.4. The first-order chi connectivity index (χ1) is 21.0. The molecule has 0 atom stereocenters. The number of benzene rings is 3. The number of hydrogen-bond donors (Lipinski definition) is 0. The van der Waals surface area contributed by atoms with Crippen LogP contribution in [0, 0.1) is 6.92 Å². The van der Waals surface area contributed by atoms with Crippen molar-refractivity contribution in [2.75, 3.05) is 37.7 Å². The fourth-order valence-corrected chi connectivity index (χ4v) is 6.98. The fourth-order valence-electron chi connectivity index (χ4n) is 5.02. The van der Waals surface area contributed by atoms with Crippen molar-refractivity contribution in [1.29, 1.82) is 0 Å². The zero-order valence-corrected chi connectivity index (χ0v) is 26.3. The molecule has 2 aromatic heterocycles. The Morgan fingerprint density at radius 2 is 1.72 bits per heavy atom. The molecule has 8 nitrogen and oxygen atoms in total. The van der Waals surface area contributed by atoms with Crippen LogP contribution in [-0.2, 0) is 5.75 Å². The lowest BCUT2D eigenvalue weighted by Gasteiger charge is -2.36. The Balaban J connectivity index is 1.14. The minimum Gasteiger partial charge on any atom is -0.492 e. The van der Waals surface area contributed by atoms with Gasteiger partial charge in [-0.3, -0.25) is 9.36 Å². The molecule has 3 aromatic carbocycles. The molecule has 0 radical (unpaired) electrons. The number of rotatable bonds is 9. The highest BCUT2D eigenvalue weighted by atomic mass is 35.5. The van der Waals surface area contributed by atoms with Gasteiger partial charge in [0.2, 0.25) is 0 Å². The number of para-hydroxylation sites is 2. The van der Waals surface area contributed by atoms with Gasteiger partial charge in [0.15, 0.2) is 11.0 Å². The van der Waals surface area contributed by atoms with Crippen LogP contribution in [0.3, 0.4) is 0 Å². The number of thioether (sulfide) groups is 1. The van der Waals surface area contributed by atoms with E-state index >= 15 is 0 Å². The van der Waals surface area contributed by atoms with Crippen molar-refractivity contribution in [2.24, 2.45) is 0 Å². The number of hydrogen-bond acceptors (Lipinski definition) is 8. The first kappa shape index (κ1) is 29.2. The number of anilines is 1. The van der Waals surface area contributed by atoms with Crippen LogP contribution < -0.4 is 9.64 Å². The van der Waals surface area contributed by atoms with E-state index in [2.05, 4.69) is 52.4 Å². The molecule has 11 heteroatoms. The zero-order valence-electron chi connectivity index (χ0n) is 23.9. The summed E-state index contributed by atoms with van der Waals surface area (Å²) in [5.74, 6) is 2.08. The van der Waals surface area contributed by atoms with Gasteiger partial charge in [-0.2, -0.15) is 0 Å². The number of ether oxygens (including phenoxy) is 1. The third-order valence-corrected chi connectivity index (χ3v) is 9.51. The molecule has 6 rings (SSSR count). The van der Waals surface area contributed by atoms with E-state index in [1.165, 1.54) is 28.7 Å². The van der Waals surface area contributed by atoms with Gasteiger partial charge in [-0.05, 0) is 50.2 Å². The maximum Gasteiger partial charge on any atom is 0.273 e. The molecule has 1 aliphatic heterocycles. The minimum atomic E-state index is -0.0333. The van der Waals surface area contributed by atoms with Crippen LogP contribution in [0.2, 0.25) is 5.02 Å². The molecule has 1 saturated heterocycles. The molecule has 0 aliphatic carbocycles. The van der Waals surface area contributed by atoms with Crippen molar-refractivity contribution in [3.63, 3.8) is 0 Å². The van der Waals surface area contributed by atoms with Crippen LogP contribution in [0.4, 0.5) is 5.69 Å². The average molecular weight is 631 g/mol. The van der Waals surface area contributed by atoms with Gasteiger partial charge in [-0.25, -0.2) is 4.98 Å². The third-order valence-electron chi connectivity index (χ3n) is 7.21. The lowest BCUT2D eigenvalue weighted by atomic mass is 10.2. The zero-order chi connectivity index (χ0) is 29.8. The van der Waals surface area contributed by atoms with Gasteiger partial charge in [0.05, 0.1) is 23.1 Å². The van der Waals surface area contributed by atoms with E-state index in [0.717, 1.165) is 45.9 Å². The van der Waals surface area contributed by atoms with E-state index < -0.39 is 0 Å². The van der Waals surface area contributed by atoms with Crippen LogP contribution >= 0.6 is 34.7 Å². The molecule has 220 valence electrons. The first-order valence-electron chi connectivity index (χ1n) is 14.1. The Morgan fingerprint density at radius 1 is 0.977 bits per heavy atom. The molecule has 1 amide bonds. The van der Waals surface area contributed by atoms with Crippen molar-refractivity contribution >= 4 is 46.3 Å². The van der Waals surface area contributed by atoms with Crippen LogP contribution in [0.1, 0.15) is 28.0 Å². The number of aryl methyl sites for hydroxylation is 1. The van der Waals surface area contributed by atoms with Gasteiger partial charge in [0.25, 0.3) is 5.91 Å². The number of piperazine rings is 1. The number of carbonyl (C=O) groups is 1. The number of thiazole rings is 1. The topological polar surface area (TPSA) is 76.4 Å². The second-order valence-electron chi connectivity index (χ2n) is 10.1. The molecule has 3 heterocycles. The lowest BCUT2D eigenvalue weighted by molar-refractivity contribution is 0.0741. The van der Waals surface area contributed by atoms with Gasteiger partial charge < -0.3 is 14.5 Å². The second-order valence-corrected chi connectivity index (χ2v) is 12.3. The minimum absolute atomic E-state index is 0.0333. The van der Waals surface area contributed by atoms with Gasteiger partial charge in [0.1, 0.15) is 16.5 Å². The Morgan fingerprint density at radius 3 is 2.49 bits per heavy atom. The van der Waals surface area contributed by atoms with Crippen LogP contribution in [0.15, 0.2) is 83.3 Å². The summed E-state index contributed by atoms with van der Waals surface area (Å²) in [6.07, 6.45) is 0. The smallest absolute Gasteiger partial charge is 0.273 e. The molecular weight excluding hydrogens is 600 g/mol. The van der Waals surface area contributed by atoms with E-state index in [1.807, 2.05) is 64.2 Å². The van der Waals surface area contributed by atoms with E-state index in [-0.39, 0.29) is 5.91 Å². The van der Waals surface area contributed by atoms with Gasteiger partial charge in [-0.15, -0.1) is 21.5 Å². The van der Waals surface area contributed by atoms with E-state index in [1.54, 1.807) is 0 Å². The SMILES string of the molecule is CCOc1ccccc1N1CCN(C(=O)c2csc(CSc3nnc(-c4ccccc4Cl)n3-c3ccc(C)cc3)n2)CC1. The summed E-state index contributed by atoms with van der Waals surface area (Å²) in [6.45, 7) is 7.41. The Hall–Kier alpha value is -3.86. The van der Waals surface area contributed by atoms with Gasteiger partial charge in [0, 0.05) is 42.8 Å². The Kier molecular flexibility index (Phi) is 8.97. The van der Waals surface area contributed by atoms with Crippen molar-refractivity contribution < 1.29 is 9.53 Å². The number of aromatic nitrogens is 4. The summed E-state index contributed by atoms with van der Waals surface area (Å²) in [7, 11) is 0. The number of carbonyl (C=O) groups excluding carboxylic acids is 1. The number of nitrogens with zero attached hydrogens (tertiary/aromatic N) is 6. The first-order valence-corrected chi connectivity index (χ1v) is 16.4. The van der Waals surface area contributed by atoms with Crippen LogP contribution in [0.25, 0.3) is 17.1 Å². The monoisotopic (exact) mass is 630 g/mol. The van der Waals surface area contributed by atoms with Crippen molar-refractivity contribution in [2.45, 2.75) is 24.8 Å². The van der Waals surface area contributed by atoms with Crippen LogP contribution in [-0.4, -0.2) is 63.3 Å². The summed E-state index contributed by atoms with van der Waals surface area (Å²) >= 11 is 9.57. The molecule has 0 bridgehead atoms. The molecule has 5 aromatic rings. The molecule has 0 unspecified atom stereocenters. The largest absolute Gasteiger partial charge is 0.492 e. The maximum absolute atomic E-state index is 13.3. The summed E-state index contributed by atoms with van der Waals surface area (Å²) in [4.78, 5) is 22.2. The van der Waals surface area contributed by atoms with E-state index in [4.69, 9.17) is 21.3 Å². The fraction of sp³-hybridized carbons (Fsp3) is 0.250. The van der Waals surface area contributed by atoms with E-state index in [9.17, 15) is 4.79 Å². The predicted molar refractivity (Wildman–Crippen MR) is 174 cm³/mol. The van der Waals surface area contributed by atoms with Crippen molar-refractivity contribution in [3.8, 4) is 22.8 Å². The molecule has 1 aliphatic rings. The maximum atomic E-state index is 13.3. The predicted octanol–water partition coefficient (Wildman–Crippen LogP) is 7.01. The summed E-state index contributed by atoms with van der Waals surface area (Å²) in [6, 6.07) is 23.9. The van der Waals surface area contributed by atoms with E-state index in [0.29, 0.717) is 42.0 Å². The number of amides is 1. The Bertz CT molecular complexity index is 1710. The summed E-state index contributed by atoms with van der Waals surface area (Å²) < 4.78 is 7.83. The summed E-state index contributed by atoms with van der Waals surface area (Å²) in [5, 5.41) is 13.1. The number of halogens is 1. The molecule has 43 heavy (non-hydrogen) atoms. The second kappa shape index (κ2) is 13.2. The lowest BCUT2D eigenvalue weighted by Crippen LogP contribution is -2.49. The molecule has 1 fully saturated rings. The van der Waals surface area contributed by atoms with Gasteiger partial charge >= 0.3 is 0 Å². The molecular formula is C32H31ClN6O2S2. The van der Waals surface area contributed by atoms with Crippen molar-refractivity contribution in [3.05, 3.63) is 99.5 Å². The summed E-state index contributed by atoms with van der Waals surface area (Å²) in [5.41, 5.74) is 4.49. The Labute approximate surface area is 264 Å². The van der Waals surface area contributed by atoms with Crippen LogP contribution in [0.5, 0.6) is 5.75 Å². The highest BCUT2D eigenvalue weighted by molar-refractivity contribution is 7.98. The molecule has 0 spiro atoms. The average Bonchev–Trinajstić information content (AvgIpc) is 3.68. The standard InChI is InChI=1S/C32H31ClN6O2S2/c1-3-41-28-11-7-6-10-27(28)37-16-18-38(19-17-37)31(40)26-20-42-29(34-26)21-43-32-36-35-30(24-8-4-5-9-25(24)33)39(32)23-14-12-22(2)13-15-23/h4-15,20H,3,16-19,21H2,1-2H3. The molecule has 0 saturated carbocycles. The highest BCUT2D eigenvalue weighted by Gasteiger charge is 2.26.